The lowest BCUT2D eigenvalue weighted by atomic mass is 10.4. The monoisotopic (exact) mass is 274 g/mol. The smallest absolute Gasteiger partial charge is 0.177 e. The fraction of sp³-hybridized carbons (Fsp3) is 0.222. The van der Waals surface area contributed by atoms with Gasteiger partial charge in [0.1, 0.15) is 5.15 Å². The van der Waals surface area contributed by atoms with Gasteiger partial charge in [-0.3, -0.25) is 0 Å². The van der Waals surface area contributed by atoms with Crippen molar-refractivity contribution in [3.8, 4) is 11.6 Å². The number of halogens is 2. The summed E-state index contributed by atoms with van der Waals surface area (Å²) in [5.74, 6) is 1.47. The molecule has 0 amide bonds. The van der Waals surface area contributed by atoms with Crippen LogP contribution in [0.15, 0.2) is 27.4 Å². The Morgan fingerprint density at radius 3 is 2.93 bits per heavy atom. The van der Waals surface area contributed by atoms with Gasteiger partial charge in [0.15, 0.2) is 16.3 Å². The average molecular weight is 276 g/mol. The Balaban J connectivity index is 2.51. The van der Waals surface area contributed by atoms with Crippen molar-refractivity contribution in [2.45, 2.75) is 13.5 Å². The molecule has 2 aromatic rings. The van der Waals surface area contributed by atoms with Gasteiger partial charge < -0.3 is 8.98 Å². The van der Waals surface area contributed by atoms with Gasteiger partial charge in [-0.05, 0) is 35.0 Å². The molecule has 74 valence electrons. The van der Waals surface area contributed by atoms with Crippen molar-refractivity contribution in [1.29, 1.82) is 0 Å². The summed E-state index contributed by atoms with van der Waals surface area (Å²) in [4.78, 5) is 4.19. The molecule has 5 heteroatoms. The first-order valence-corrected chi connectivity index (χ1v) is 5.36. The van der Waals surface area contributed by atoms with Crippen LogP contribution in [0.5, 0.6) is 0 Å². The Morgan fingerprint density at radius 2 is 2.36 bits per heavy atom. The maximum atomic E-state index is 5.95. The second kappa shape index (κ2) is 3.79. The lowest BCUT2D eigenvalue weighted by Crippen LogP contribution is -1.96. The van der Waals surface area contributed by atoms with Crippen molar-refractivity contribution in [2.75, 3.05) is 0 Å². The Hall–Kier alpha value is -0.740. The standard InChI is InChI=1S/C9H8BrClN2O/c1-2-13-8(11)5-12-9(13)6-3-4-7(10)14-6/h3-5H,2H2,1H3. The molecule has 0 aliphatic carbocycles. The summed E-state index contributed by atoms with van der Waals surface area (Å²) >= 11 is 9.19. The molecule has 14 heavy (non-hydrogen) atoms. The molecule has 0 saturated carbocycles. The maximum absolute atomic E-state index is 5.95. The quantitative estimate of drug-likeness (QED) is 0.839. The fourth-order valence-electron chi connectivity index (χ4n) is 1.29. The Labute approximate surface area is 94.8 Å². The third-order valence-corrected chi connectivity index (χ3v) is 2.64. The summed E-state index contributed by atoms with van der Waals surface area (Å²) in [6.45, 7) is 2.78. The van der Waals surface area contributed by atoms with Gasteiger partial charge in [0.25, 0.3) is 0 Å². The van der Waals surface area contributed by atoms with E-state index in [1.54, 1.807) is 6.20 Å². The Morgan fingerprint density at radius 1 is 1.57 bits per heavy atom. The van der Waals surface area contributed by atoms with E-state index in [1.165, 1.54) is 0 Å². The van der Waals surface area contributed by atoms with Crippen LogP contribution in [0.3, 0.4) is 0 Å². The molecule has 0 bridgehead atoms. The van der Waals surface area contributed by atoms with E-state index in [4.69, 9.17) is 16.0 Å². The number of furan rings is 1. The van der Waals surface area contributed by atoms with Crippen LogP contribution in [0, 0.1) is 0 Å². The first-order valence-electron chi connectivity index (χ1n) is 4.19. The molecule has 2 rings (SSSR count). The molecule has 0 N–H and O–H groups in total. The fourth-order valence-corrected chi connectivity index (χ4v) is 1.84. The Kier molecular flexibility index (Phi) is 2.65. The highest BCUT2D eigenvalue weighted by Gasteiger charge is 2.12. The molecule has 0 atom stereocenters. The van der Waals surface area contributed by atoms with Crippen molar-refractivity contribution in [1.82, 2.24) is 9.55 Å². The molecule has 0 aliphatic heterocycles. The number of aromatic nitrogens is 2. The van der Waals surface area contributed by atoms with Crippen LogP contribution in [0.1, 0.15) is 6.92 Å². The van der Waals surface area contributed by atoms with E-state index in [-0.39, 0.29) is 0 Å². The largest absolute Gasteiger partial charge is 0.446 e. The van der Waals surface area contributed by atoms with Gasteiger partial charge in [-0.15, -0.1) is 0 Å². The molecular formula is C9H8BrClN2O. The molecule has 2 heterocycles. The zero-order valence-corrected chi connectivity index (χ0v) is 9.84. The van der Waals surface area contributed by atoms with Gasteiger partial charge in [0, 0.05) is 6.54 Å². The molecule has 0 unspecified atom stereocenters. The van der Waals surface area contributed by atoms with Gasteiger partial charge in [0.05, 0.1) is 6.20 Å². The van der Waals surface area contributed by atoms with Gasteiger partial charge in [-0.25, -0.2) is 4.98 Å². The highest BCUT2D eigenvalue weighted by atomic mass is 79.9. The number of imidazole rings is 1. The zero-order chi connectivity index (χ0) is 10.1. The first-order chi connectivity index (χ1) is 6.72. The summed E-state index contributed by atoms with van der Waals surface area (Å²) in [5, 5.41) is 0.620. The van der Waals surface area contributed by atoms with E-state index in [0.717, 1.165) is 12.4 Å². The lowest BCUT2D eigenvalue weighted by molar-refractivity contribution is 0.546. The van der Waals surface area contributed by atoms with Crippen LogP contribution in [0.25, 0.3) is 11.6 Å². The summed E-state index contributed by atoms with van der Waals surface area (Å²) in [6.07, 6.45) is 1.62. The van der Waals surface area contributed by atoms with Crippen molar-refractivity contribution in [3.05, 3.63) is 28.2 Å². The third kappa shape index (κ3) is 1.60. The van der Waals surface area contributed by atoms with E-state index in [1.807, 2.05) is 23.6 Å². The van der Waals surface area contributed by atoms with Crippen molar-refractivity contribution in [2.24, 2.45) is 0 Å². The van der Waals surface area contributed by atoms with Crippen molar-refractivity contribution >= 4 is 27.5 Å². The summed E-state index contributed by atoms with van der Waals surface area (Å²) in [7, 11) is 0. The van der Waals surface area contributed by atoms with Crippen LogP contribution < -0.4 is 0 Å². The predicted molar refractivity (Wildman–Crippen MR) is 58.3 cm³/mol. The second-order valence-electron chi connectivity index (χ2n) is 2.75. The van der Waals surface area contributed by atoms with Crippen LogP contribution in [-0.4, -0.2) is 9.55 Å². The zero-order valence-electron chi connectivity index (χ0n) is 7.50. The van der Waals surface area contributed by atoms with Crippen LogP contribution in [-0.2, 0) is 6.54 Å². The highest BCUT2D eigenvalue weighted by molar-refractivity contribution is 9.10. The maximum Gasteiger partial charge on any atom is 0.177 e. The number of hydrogen-bond acceptors (Lipinski definition) is 2. The molecule has 0 fully saturated rings. The number of rotatable bonds is 2. The molecule has 3 nitrogen and oxygen atoms in total. The molecule has 0 saturated heterocycles. The third-order valence-electron chi connectivity index (χ3n) is 1.92. The minimum Gasteiger partial charge on any atom is -0.446 e. The van der Waals surface area contributed by atoms with Crippen LogP contribution >= 0.6 is 27.5 Å². The van der Waals surface area contributed by atoms with E-state index >= 15 is 0 Å². The summed E-state index contributed by atoms with van der Waals surface area (Å²) in [5.41, 5.74) is 0. The number of nitrogens with zero attached hydrogens (tertiary/aromatic N) is 2. The number of hydrogen-bond donors (Lipinski definition) is 0. The average Bonchev–Trinajstić information content (AvgIpc) is 2.71. The van der Waals surface area contributed by atoms with Crippen LogP contribution in [0.4, 0.5) is 0 Å². The van der Waals surface area contributed by atoms with Gasteiger partial charge in [0.2, 0.25) is 0 Å². The predicted octanol–water partition coefficient (Wildman–Crippen LogP) is 3.58. The summed E-state index contributed by atoms with van der Waals surface area (Å²) in [6, 6.07) is 3.69. The van der Waals surface area contributed by atoms with E-state index in [9.17, 15) is 0 Å². The normalized spacial score (nSPS) is 10.8. The molecule has 0 radical (unpaired) electrons. The van der Waals surface area contributed by atoms with Crippen LogP contribution in [0.2, 0.25) is 5.15 Å². The van der Waals surface area contributed by atoms with Gasteiger partial charge in [-0.2, -0.15) is 0 Å². The van der Waals surface area contributed by atoms with E-state index in [0.29, 0.717) is 15.6 Å². The van der Waals surface area contributed by atoms with Crippen molar-refractivity contribution < 1.29 is 4.42 Å². The van der Waals surface area contributed by atoms with E-state index in [2.05, 4.69) is 20.9 Å². The highest BCUT2D eigenvalue weighted by Crippen LogP contribution is 2.26. The molecular weight excluding hydrogens is 267 g/mol. The molecule has 0 spiro atoms. The van der Waals surface area contributed by atoms with Crippen molar-refractivity contribution in [3.63, 3.8) is 0 Å². The minimum absolute atomic E-state index is 0.620. The summed E-state index contributed by atoms with van der Waals surface area (Å²) < 4.78 is 7.97. The SMILES string of the molecule is CCn1c(Cl)cnc1-c1ccc(Br)o1. The first kappa shape index (κ1) is 9.80. The van der Waals surface area contributed by atoms with E-state index < -0.39 is 0 Å². The second-order valence-corrected chi connectivity index (χ2v) is 3.92. The van der Waals surface area contributed by atoms with Gasteiger partial charge in [-0.1, -0.05) is 11.6 Å². The molecule has 0 aliphatic rings. The van der Waals surface area contributed by atoms with Gasteiger partial charge >= 0.3 is 0 Å². The topological polar surface area (TPSA) is 31.0 Å². The Bertz CT molecular complexity index is 449. The minimum atomic E-state index is 0.620. The lowest BCUT2D eigenvalue weighted by Gasteiger charge is -2.02. The molecule has 2 aromatic heterocycles. The molecule has 0 aromatic carbocycles.